The van der Waals surface area contributed by atoms with Crippen LogP contribution >= 0.6 is 0 Å². The average Bonchev–Trinajstić information content (AvgIpc) is 2.29. The van der Waals surface area contributed by atoms with Crippen LogP contribution in [0, 0.1) is 6.92 Å². The lowest BCUT2D eigenvalue weighted by Gasteiger charge is -2.22. The molecule has 1 rings (SSSR count). The first-order valence-electron chi connectivity index (χ1n) is 6.09. The van der Waals surface area contributed by atoms with Crippen molar-refractivity contribution in [1.29, 1.82) is 0 Å². The zero-order chi connectivity index (χ0) is 13.0. The number of carbonyl (C=O) groups excluding carboxylic acids is 1. The van der Waals surface area contributed by atoms with Gasteiger partial charge < -0.3 is 10.0 Å². The van der Waals surface area contributed by atoms with Crippen LogP contribution in [0.2, 0.25) is 0 Å². The summed E-state index contributed by atoms with van der Waals surface area (Å²) >= 11 is 0. The molecule has 0 fully saturated rings. The molecule has 3 nitrogen and oxygen atoms in total. The predicted octanol–water partition coefficient (Wildman–Crippen LogP) is 2.53. The van der Waals surface area contributed by atoms with Crippen molar-refractivity contribution < 1.29 is 9.90 Å². The summed E-state index contributed by atoms with van der Waals surface area (Å²) in [6.45, 7) is 8.88. The van der Waals surface area contributed by atoms with Gasteiger partial charge in [-0.15, -0.1) is 0 Å². The average molecular weight is 235 g/mol. The SMILES string of the molecule is CCN(CC)C(=O)c1c(C)cccc1[C@H](C)O. The van der Waals surface area contributed by atoms with Gasteiger partial charge >= 0.3 is 0 Å². The Hall–Kier alpha value is -1.35. The van der Waals surface area contributed by atoms with Gasteiger partial charge in [-0.25, -0.2) is 0 Å². The van der Waals surface area contributed by atoms with E-state index < -0.39 is 6.10 Å². The van der Waals surface area contributed by atoms with Crippen LogP contribution in [0.5, 0.6) is 0 Å². The molecule has 1 atom stereocenters. The maximum absolute atomic E-state index is 12.4. The van der Waals surface area contributed by atoms with Gasteiger partial charge in [0.25, 0.3) is 5.91 Å². The monoisotopic (exact) mass is 235 g/mol. The first-order chi connectivity index (χ1) is 8.02. The second-order valence-corrected chi connectivity index (χ2v) is 4.19. The topological polar surface area (TPSA) is 40.5 Å². The first-order valence-corrected chi connectivity index (χ1v) is 6.09. The number of carbonyl (C=O) groups is 1. The zero-order valence-electron chi connectivity index (χ0n) is 11.0. The zero-order valence-corrected chi connectivity index (χ0v) is 11.0. The van der Waals surface area contributed by atoms with Crippen molar-refractivity contribution in [2.24, 2.45) is 0 Å². The molecule has 3 heteroatoms. The van der Waals surface area contributed by atoms with Crippen molar-refractivity contribution >= 4 is 5.91 Å². The minimum atomic E-state index is -0.621. The van der Waals surface area contributed by atoms with E-state index in [-0.39, 0.29) is 5.91 Å². The first kappa shape index (κ1) is 13.7. The fourth-order valence-corrected chi connectivity index (χ4v) is 2.00. The van der Waals surface area contributed by atoms with Crippen molar-refractivity contribution in [2.75, 3.05) is 13.1 Å². The maximum Gasteiger partial charge on any atom is 0.254 e. The summed E-state index contributed by atoms with van der Waals surface area (Å²) < 4.78 is 0. The molecule has 0 spiro atoms. The van der Waals surface area contributed by atoms with Gasteiger partial charge in [-0.3, -0.25) is 4.79 Å². The van der Waals surface area contributed by atoms with E-state index >= 15 is 0 Å². The van der Waals surface area contributed by atoms with Gasteiger partial charge in [-0.05, 0) is 38.8 Å². The van der Waals surface area contributed by atoms with Crippen LogP contribution in [0.4, 0.5) is 0 Å². The minimum Gasteiger partial charge on any atom is -0.389 e. The van der Waals surface area contributed by atoms with E-state index in [1.54, 1.807) is 11.8 Å². The Kier molecular flexibility index (Phi) is 4.70. The summed E-state index contributed by atoms with van der Waals surface area (Å²) in [5.41, 5.74) is 2.27. The maximum atomic E-state index is 12.4. The molecule has 0 unspecified atom stereocenters. The lowest BCUT2D eigenvalue weighted by molar-refractivity contribution is 0.0765. The van der Waals surface area contributed by atoms with Gasteiger partial charge in [0.05, 0.1) is 6.10 Å². The van der Waals surface area contributed by atoms with Crippen LogP contribution in [0.3, 0.4) is 0 Å². The van der Waals surface area contributed by atoms with Crippen LogP contribution in [0.1, 0.15) is 48.4 Å². The standard InChI is InChI=1S/C14H21NO2/c1-5-15(6-2)14(17)13-10(3)8-7-9-12(13)11(4)16/h7-9,11,16H,5-6H2,1-4H3/t11-/m0/s1. The molecule has 0 aliphatic heterocycles. The van der Waals surface area contributed by atoms with E-state index in [4.69, 9.17) is 0 Å². The van der Waals surface area contributed by atoms with Crippen molar-refractivity contribution in [1.82, 2.24) is 4.90 Å². The summed E-state index contributed by atoms with van der Waals surface area (Å²) in [5.74, 6) is 0.00370. The summed E-state index contributed by atoms with van der Waals surface area (Å²) in [7, 11) is 0. The Labute approximate surface area is 103 Å². The molecule has 94 valence electrons. The van der Waals surface area contributed by atoms with Gasteiger partial charge in [-0.2, -0.15) is 0 Å². The number of benzene rings is 1. The lowest BCUT2D eigenvalue weighted by atomic mass is 9.97. The third-order valence-electron chi connectivity index (χ3n) is 3.02. The Balaban J connectivity index is 3.24. The summed E-state index contributed by atoms with van der Waals surface area (Å²) in [6, 6.07) is 5.59. The molecule has 1 N–H and O–H groups in total. The van der Waals surface area contributed by atoms with Crippen LogP contribution < -0.4 is 0 Å². The molecule has 17 heavy (non-hydrogen) atoms. The number of nitrogens with zero attached hydrogens (tertiary/aromatic N) is 1. The van der Waals surface area contributed by atoms with Gasteiger partial charge in [0, 0.05) is 18.7 Å². The molecule has 0 saturated heterocycles. The molecular weight excluding hydrogens is 214 g/mol. The number of aliphatic hydroxyl groups is 1. The van der Waals surface area contributed by atoms with E-state index in [2.05, 4.69) is 0 Å². The molecule has 1 aromatic carbocycles. The fourth-order valence-electron chi connectivity index (χ4n) is 2.00. The minimum absolute atomic E-state index is 0.00370. The fraction of sp³-hybridized carbons (Fsp3) is 0.500. The molecule has 0 saturated carbocycles. The van der Waals surface area contributed by atoms with Gasteiger partial charge in [-0.1, -0.05) is 18.2 Å². The van der Waals surface area contributed by atoms with Crippen LogP contribution in [-0.2, 0) is 0 Å². The molecule has 1 aromatic rings. The summed E-state index contributed by atoms with van der Waals surface area (Å²) in [5, 5.41) is 9.73. The number of rotatable bonds is 4. The lowest BCUT2D eigenvalue weighted by Crippen LogP contribution is -2.32. The molecule has 0 aliphatic carbocycles. The van der Waals surface area contributed by atoms with Crippen molar-refractivity contribution in [3.8, 4) is 0 Å². The van der Waals surface area contributed by atoms with Gasteiger partial charge in [0.15, 0.2) is 0 Å². The smallest absolute Gasteiger partial charge is 0.254 e. The second-order valence-electron chi connectivity index (χ2n) is 4.19. The Morgan fingerprint density at radius 1 is 1.35 bits per heavy atom. The molecule has 0 aliphatic rings. The third-order valence-corrected chi connectivity index (χ3v) is 3.02. The second kappa shape index (κ2) is 5.82. The largest absolute Gasteiger partial charge is 0.389 e. The van der Waals surface area contributed by atoms with Crippen molar-refractivity contribution in [3.63, 3.8) is 0 Å². The van der Waals surface area contributed by atoms with Crippen LogP contribution in [0.25, 0.3) is 0 Å². The molecule has 1 amide bonds. The number of hydrogen-bond acceptors (Lipinski definition) is 2. The molecule has 0 aromatic heterocycles. The summed E-state index contributed by atoms with van der Waals surface area (Å²) in [6.07, 6.45) is -0.621. The van der Waals surface area contributed by atoms with E-state index in [0.717, 1.165) is 5.56 Å². The van der Waals surface area contributed by atoms with Crippen molar-refractivity contribution in [2.45, 2.75) is 33.8 Å². The quantitative estimate of drug-likeness (QED) is 0.871. The normalized spacial score (nSPS) is 12.3. The highest BCUT2D eigenvalue weighted by Gasteiger charge is 2.20. The Morgan fingerprint density at radius 2 is 1.94 bits per heavy atom. The number of aliphatic hydroxyl groups excluding tert-OH is 1. The van der Waals surface area contributed by atoms with E-state index in [1.807, 2.05) is 39.0 Å². The third kappa shape index (κ3) is 2.86. The predicted molar refractivity (Wildman–Crippen MR) is 69.1 cm³/mol. The number of amides is 1. The van der Waals surface area contributed by atoms with Gasteiger partial charge in [0.2, 0.25) is 0 Å². The molecular formula is C14H21NO2. The van der Waals surface area contributed by atoms with Gasteiger partial charge in [0.1, 0.15) is 0 Å². The molecule has 0 heterocycles. The molecule has 0 bridgehead atoms. The Bertz CT molecular complexity index is 395. The highest BCUT2D eigenvalue weighted by molar-refractivity contribution is 5.97. The highest BCUT2D eigenvalue weighted by atomic mass is 16.3. The number of aryl methyl sites for hydroxylation is 1. The highest BCUT2D eigenvalue weighted by Crippen LogP contribution is 2.22. The Morgan fingerprint density at radius 3 is 2.41 bits per heavy atom. The van der Waals surface area contributed by atoms with Crippen LogP contribution in [0.15, 0.2) is 18.2 Å². The summed E-state index contributed by atoms with van der Waals surface area (Å²) in [4.78, 5) is 14.1. The molecule has 0 radical (unpaired) electrons. The van der Waals surface area contributed by atoms with E-state index in [1.165, 1.54) is 0 Å². The van der Waals surface area contributed by atoms with Crippen molar-refractivity contribution in [3.05, 3.63) is 34.9 Å². The van der Waals surface area contributed by atoms with Crippen LogP contribution in [-0.4, -0.2) is 29.0 Å². The van der Waals surface area contributed by atoms with E-state index in [9.17, 15) is 9.90 Å². The van der Waals surface area contributed by atoms with E-state index in [0.29, 0.717) is 24.2 Å². The number of hydrogen-bond donors (Lipinski definition) is 1.